The van der Waals surface area contributed by atoms with E-state index in [0.717, 1.165) is 31.5 Å². The fourth-order valence-corrected chi connectivity index (χ4v) is 6.11. The Morgan fingerprint density at radius 2 is 1.62 bits per heavy atom. The summed E-state index contributed by atoms with van der Waals surface area (Å²) >= 11 is 5.90. The van der Waals surface area contributed by atoms with E-state index in [-0.39, 0.29) is 18.3 Å². The van der Waals surface area contributed by atoms with E-state index < -0.39 is 5.97 Å². The molecule has 0 fully saturated rings. The highest BCUT2D eigenvalue weighted by Gasteiger charge is 2.44. The lowest BCUT2D eigenvalue weighted by atomic mass is 9.73. The quantitative estimate of drug-likeness (QED) is 0.352. The summed E-state index contributed by atoms with van der Waals surface area (Å²) in [5.74, 6) is 1.12. The molecule has 0 radical (unpaired) electrons. The molecule has 0 saturated heterocycles. The van der Waals surface area contributed by atoms with Gasteiger partial charge in [-0.1, -0.05) is 42.0 Å². The van der Waals surface area contributed by atoms with E-state index in [4.69, 9.17) is 16.3 Å². The van der Waals surface area contributed by atoms with Crippen molar-refractivity contribution in [2.45, 2.75) is 24.7 Å². The lowest BCUT2D eigenvalue weighted by Gasteiger charge is -2.46. The van der Waals surface area contributed by atoms with Gasteiger partial charge in [-0.15, -0.1) is 0 Å². The summed E-state index contributed by atoms with van der Waals surface area (Å²) in [5, 5.41) is 0.565. The number of benzene rings is 2. The van der Waals surface area contributed by atoms with Crippen molar-refractivity contribution >= 4 is 29.0 Å². The largest absolute Gasteiger partial charge is 0.454 e. The second-order valence-corrected chi connectivity index (χ2v) is 9.71. The first-order chi connectivity index (χ1) is 15.6. The molecule has 0 spiro atoms. The van der Waals surface area contributed by atoms with Crippen molar-refractivity contribution in [3.63, 3.8) is 0 Å². The number of ketones is 1. The fourth-order valence-electron chi connectivity index (χ4n) is 5.99. The Kier molecular flexibility index (Phi) is 4.72. The molecular weight excluding hydrogens is 422 g/mol. The molecule has 0 saturated carbocycles. The zero-order valence-corrected chi connectivity index (χ0v) is 18.4. The fraction of sp³-hybridized carbons (Fsp3) is 0.333. The minimum absolute atomic E-state index is 0.234. The lowest BCUT2D eigenvalue weighted by Crippen LogP contribution is -2.44. The molecule has 162 valence electrons. The van der Waals surface area contributed by atoms with Gasteiger partial charge in [0.05, 0.1) is 5.56 Å². The molecule has 0 unspecified atom stereocenters. The average molecular weight is 446 g/mol. The number of nitrogens with zero attached hydrogens (tertiary/aromatic N) is 1. The van der Waals surface area contributed by atoms with Gasteiger partial charge in [-0.2, -0.15) is 0 Å². The number of hydrogen-bond acceptors (Lipinski definition) is 4. The molecule has 5 heteroatoms. The number of rotatable bonds is 4. The van der Waals surface area contributed by atoms with Gasteiger partial charge >= 0.3 is 5.97 Å². The summed E-state index contributed by atoms with van der Waals surface area (Å²) in [4.78, 5) is 28.2. The molecule has 6 rings (SSSR count). The SMILES string of the molecule is O=C(COC(=O)c1ccc2c3c1[C@H]1C=CC[C@H]1CN3C[C@H]1CC=C[C@@H]21)c1ccc(Cl)cc1. The summed E-state index contributed by atoms with van der Waals surface area (Å²) < 4.78 is 5.52. The topological polar surface area (TPSA) is 46.6 Å². The monoisotopic (exact) mass is 445 g/mol. The van der Waals surface area contributed by atoms with E-state index in [0.29, 0.717) is 33.9 Å². The van der Waals surface area contributed by atoms with Crippen molar-refractivity contribution in [3.8, 4) is 0 Å². The van der Waals surface area contributed by atoms with Crippen LogP contribution in [-0.4, -0.2) is 31.4 Å². The number of hydrogen-bond donors (Lipinski definition) is 0. The van der Waals surface area contributed by atoms with Crippen molar-refractivity contribution in [2.24, 2.45) is 11.8 Å². The molecule has 4 aliphatic rings. The van der Waals surface area contributed by atoms with Gasteiger partial charge in [-0.25, -0.2) is 4.79 Å². The van der Waals surface area contributed by atoms with Crippen molar-refractivity contribution in [1.82, 2.24) is 0 Å². The highest BCUT2D eigenvalue weighted by Crippen LogP contribution is 2.53. The van der Waals surface area contributed by atoms with Gasteiger partial charge in [0.15, 0.2) is 12.4 Å². The normalized spacial score (nSPS) is 26.5. The minimum atomic E-state index is -0.421. The molecular formula is C27H24ClNO3. The molecule has 2 heterocycles. The number of Topliss-reactive ketones (excluding diaryl/α,β-unsaturated/α-hetero) is 1. The van der Waals surface area contributed by atoms with Crippen LogP contribution in [0.2, 0.25) is 5.02 Å². The summed E-state index contributed by atoms with van der Waals surface area (Å²) in [6.45, 7) is 1.79. The molecule has 0 aromatic heterocycles. The number of ether oxygens (including phenoxy) is 1. The standard InChI is InChI=1S/C27H24ClNO3/c28-19-9-7-16(8-10-19)24(30)15-32-27(31)23-12-11-22-20-5-1-3-17(20)13-29-14-18-4-2-6-21(18)25(23)26(22)29/h1-2,5-12,17-18,20-21H,3-4,13-15H2/t17-,18+,20-,21+/m1/s1. The maximum absolute atomic E-state index is 13.2. The first-order valence-corrected chi connectivity index (χ1v) is 11.7. The van der Waals surface area contributed by atoms with Crippen LogP contribution in [0.4, 0.5) is 5.69 Å². The summed E-state index contributed by atoms with van der Waals surface area (Å²) in [6, 6.07) is 10.7. The van der Waals surface area contributed by atoms with Gasteiger partial charge in [0.25, 0.3) is 0 Å². The molecule has 2 aliphatic carbocycles. The highest BCUT2D eigenvalue weighted by atomic mass is 35.5. The Morgan fingerprint density at radius 1 is 0.938 bits per heavy atom. The Labute approximate surface area is 192 Å². The predicted octanol–water partition coefficient (Wildman–Crippen LogP) is 5.53. The third kappa shape index (κ3) is 3.12. The van der Waals surface area contributed by atoms with Crippen LogP contribution in [0.5, 0.6) is 0 Å². The Bertz CT molecular complexity index is 1160. The number of anilines is 1. The number of esters is 1. The van der Waals surface area contributed by atoms with Gasteiger partial charge in [0, 0.05) is 41.2 Å². The Morgan fingerprint density at radius 3 is 2.38 bits per heavy atom. The number of fused-ring (bicyclic) bond motifs is 4. The first-order valence-electron chi connectivity index (χ1n) is 11.3. The van der Waals surface area contributed by atoms with Gasteiger partial charge in [-0.05, 0) is 66.1 Å². The molecule has 4 atom stereocenters. The summed E-state index contributed by atoms with van der Waals surface area (Å²) in [7, 11) is 0. The van der Waals surface area contributed by atoms with Crippen LogP contribution in [0.3, 0.4) is 0 Å². The molecule has 0 bridgehead atoms. The van der Waals surface area contributed by atoms with Crippen molar-refractivity contribution in [2.75, 3.05) is 24.6 Å². The second-order valence-electron chi connectivity index (χ2n) is 9.28. The summed E-state index contributed by atoms with van der Waals surface area (Å²) in [5.41, 5.74) is 4.73. The zero-order valence-electron chi connectivity index (χ0n) is 17.7. The van der Waals surface area contributed by atoms with E-state index in [9.17, 15) is 9.59 Å². The molecule has 32 heavy (non-hydrogen) atoms. The summed E-state index contributed by atoms with van der Waals surface area (Å²) in [6.07, 6.45) is 11.3. The van der Waals surface area contributed by atoms with E-state index >= 15 is 0 Å². The Hall–Kier alpha value is -2.85. The van der Waals surface area contributed by atoms with Crippen molar-refractivity contribution < 1.29 is 14.3 Å². The maximum atomic E-state index is 13.2. The van der Waals surface area contributed by atoms with Crippen molar-refractivity contribution in [3.05, 3.63) is 88.0 Å². The molecule has 0 N–H and O–H groups in total. The number of allylic oxidation sites excluding steroid dienone is 4. The van der Waals surface area contributed by atoms with E-state index in [1.807, 2.05) is 6.07 Å². The molecule has 0 amide bonds. The highest BCUT2D eigenvalue weighted by molar-refractivity contribution is 6.30. The average Bonchev–Trinajstić information content (AvgIpc) is 3.47. The smallest absolute Gasteiger partial charge is 0.338 e. The lowest BCUT2D eigenvalue weighted by molar-refractivity contribution is 0.0473. The minimum Gasteiger partial charge on any atom is -0.454 e. The maximum Gasteiger partial charge on any atom is 0.338 e. The molecule has 2 aliphatic heterocycles. The van der Waals surface area contributed by atoms with Crippen molar-refractivity contribution in [1.29, 1.82) is 0 Å². The van der Waals surface area contributed by atoms with Gasteiger partial charge < -0.3 is 9.64 Å². The third-order valence-electron chi connectivity index (χ3n) is 7.47. The zero-order chi connectivity index (χ0) is 21.8. The Balaban J connectivity index is 1.33. The number of halogens is 1. The van der Waals surface area contributed by atoms with Crippen LogP contribution in [0, 0.1) is 11.8 Å². The predicted molar refractivity (Wildman–Crippen MR) is 125 cm³/mol. The molecule has 4 nitrogen and oxygen atoms in total. The van der Waals surface area contributed by atoms with Crippen LogP contribution in [-0.2, 0) is 4.74 Å². The van der Waals surface area contributed by atoms with Crippen LogP contribution >= 0.6 is 11.6 Å². The second kappa shape index (κ2) is 7.63. The van der Waals surface area contributed by atoms with Gasteiger partial charge in [0.1, 0.15) is 0 Å². The first kappa shape index (κ1) is 19.8. The van der Waals surface area contributed by atoms with Gasteiger partial charge in [-0.3, -0.25) is 4.79 Å². The van der Waals surface area contributed by atoms with Gasteiger partial charge in [0.2, 0.25) is 0 Å². The van der Waals surface area contributed by atoms with E-state index in [1.165, 1.54) is 11.3 Å². The molecule has 2 aromatic rings. The number of carbonyl (C=O) groups is 2. The van der Waals surface area contributed by atoms with Crippen LogP contribution in [0.15, 0.2) is 60.7 Å². The van der Waals surface area contributed by atoms with Crippen LogP contribution in [0.1, 0.15) is 56.5 Å². The van der Waals surface area contributed by atoms with E-state index in [2.05, 4.69) is 35.3 Å². The third-order valence-corrected chi connectivity index (χ3v) is 7.72. The van der Waals surface area contributed by atoms with Crippen LogP contribution < -0.4 is 4.90 Å². The van der Waals surface area contributed by atoms with E-state index in [1.54, 1.807) is 24.3 Å². The number of carbonyl (C=O) groups excluding carboxylic acids is 2. The van der Waals surface area contributed by atoms with Crippen LogP contribution in [0.25, 0.3) is 0 Å². The molecule has 2 aromatic carbocycles.